The molecule has 0 atom stereocenters. The minimum atomic E-state index is -0.576. The third-order valence-electron chi connectivity index (χ3n) is 2.20. The molecule has 0 radical (unpaired) electrons. The summed E-state index contributed by atoms with van der Waals surface area (Å²) in [6, 6.07) is 2.41. The first-order valence-electron chi connectivity index (χ1n) is 4.50. The Labute approximate surface area is 89.8 Å². The van der Waals surface area contributed by atoms with Crippen molar-refractivity contribution in [2.45, 2.75) is 6.42 Å². The fourth-order valence-electron chi connectivity index (χ4n) is 1.46. The highest BCUT2D eigenvalue weighted by molar-refractivity contribution is 6.14. The molecule has 0 aromatic carbocycles. The lowest BCUT2D eigenvalue weighted by Crippen LogP contribution is -2.25. The van der Waals surface area contributed by atoms with Crippen LogP contribution in [0.25, 0.3) is 0 Å². The van der Waals surface area contributed by atoms with Crippen LogP contribution < -0.4 is 4.90 Å². The van der Waals surface area contributed by atoms with Gasteiger partial charge in [0, 0.05) is 12.3 Å². The van der Waals surface area contributed by atoms with Gasteiger partial charge in [-0.15, -0.1) is 0 Å². The number of hydrogen-bond acceptors (Lipinski definition) is 5. The van der Waals surface area contributed by atoms with Gasteiger partial charge in [0.1, 0.15) is 5.82 Å². The van der Waals surface area contributed by atoms with E-state index in [2.05, 4.69) is 4.98 Å². The quantitative estimate of drug-likeness (QED) is 0.406. The molecule has 0 saturated carbocycles. The summed E-state index contributed by atoms with van der Waals surface area (Å²) in [6.07, 6.45) is 1.08. The molecule has 2 rings (SSSR count). The molecular formula is C9H7N3O4. The summed E-state index contributed by atoms with van der Waals surface area (Å²) in [5.74, 6) is -0.443. The Morgan fingerprint density at radius 2 is 2.19 bits per heavy atom. The average molecular weight is 221 g/mol. The number of anilines is 1. The summed E-state index contributed by atoms with van der Waals surface area (Å²) < 4.78 is 0. The van der Waals surface area contributed by atoms with E-state index < -0.39 is 4.92 Å². The predicted octanol–water partition coefficient (Wildman–Crippen LogP) is 0.296. The number of carbonyl (C=O) groups excluding carboxylic acids is 2. The normalized spacial score (nSPS) is 15.6. The van der Waals surface area contributed by atoms with E-state index in [9.17, 15) is 19.7 Å². The molecule has 1 saturated heterocycles. The maximum Gasteiger partial charge on any atom is 0.274 e. The van der Waals surface area contributed by atoms with Gasteiger partial charge in [-0.3, -0.25) is 24.6 Å². The van der Waals surface area contributed by atoms with Crippen molar-refractivity contribution in [3.63, 3.8) is 0 Å². The molecule has 7 nitrogen and oxygen atoms in total. The minimum absolute atomic E-state index is 0.0625. The minimum Gasteiger partial charge on any atom is -0.297 e. The second-order valence-electron chi connectivity index (χ2n) is 3.32. The highest BCUT2D eigenvalue weighted by atomic mass is 16.6. The molecule has 1 fully saturated rings. The zero-order valence-electron chi connectivity index (χ0n) is 8.12. The van der Waals surface area contributed by atoms with Crippen LogP contribution in [0.4, 0.5) is 11.5 Å². The van der Waals surface area contributed by atoms with Crippen LogP contribution in [0, 0.1) is 10.1 Å². The predicted molar refractivity (Wildman–Crippen MR) is 52.9 cm³/mol. The van der Waals surface area contributed by atoms with Gasteiger partial charge in [0.2, 0.25) is 5.91 Å². The molecule has 16 heavy (non-hydrogen) atoms. The van der Waals surface area contributed by atoms with E-state index in [4.69, 9.17) is 0 Å². The van der Waals surface area contributed by atoms with Crippen LogP contribution in [0.15, 0.2) is 18.3 Å². The molecule has 1 aliphatic rings. The summed E-state index contributed by atoms with van der Waals surface area (Å²) in [7, 11) is 0. The summed E-state index contributed by atoms with van der Waals surface area (Å²) >= 11 is 0. The zero-order valence-corrected chi connectivity index (χ0v) is 8.12. The number of aromatic nitrogens is 1. The van der Waals surface area contributed by atoms with Crippen LogP contribution in [0.5, 0.6) is 0 Å². The molecule has 0 bridgehead atoms. The van der Waals surface area contributed by atoms with E-state index in [1.54, 1.807) is 0 Å². The molecule has 0 aliphatic carbocycles. The third kappa shape index (κ3) is 1.74. The lowest BCUT2D eigenvalue weighted by Gasteiger charge is -2.12. The third-order valence-corrected chi connectivity index (χ3v) is 2.20. The fraction of sp³-hybridized carbons (Fsp3) is 0.222. The summed E-state index contributed by atoms with van der Waals surface area (Å²) in [6.45, 7) is -0.0625. The smallest absolute Gasteiger partial charge is 0.274 e. The van der Waals surface area contributed by atoms with Crippen molar-refractivity contribution in [1.29, 1.82) is 0 Å². The molecule has 0 spiro atoms. The Morgan fingerprint density at radius 3 is 2.75 bits per heavy atom. The van der Waals surface area contributed by atoms with E-state index in [1.807, 2.05) is 0 Å². The lowest BCUT2D eigenvalue weighted by atomic mass is 10.3. The Kier molecular flexibility index (Phi) is 2.35. The highest BCUT2D eigenvalue weighted by Crippen LogP contribution is 2.21. The zero-order chi connectivity index (χ0) is 11.7. The molecule has 7 heteroatoms. The number of amides is 1. The van der Waals surface area contributed by atoms with Gasteiger partial charge in [-0.2, -0.15) is 0 Å². The topological polar surface area (TPSA) is 93.4 Å². The van der Waals surface area contributed by atoms with Crippen LogP contribution in [0.3, 0.4) is 0 Å². The van der Waals surface area contributed by atoms with Gasteiger partial charge >= 0.3 is 0 Å². The van der Waals surface area contributed by atoms with Crippen molar-refractivity contribution in [2.24, 2.45) is 0 Å². The van der Waals surface area contributed by atoms with Crippen LogP contribution in [-0.4, -0.2) is 28.1 Å². The highest BCUT2D eigenvalue weighted by Gasteiger charge is 2.30. The van der Waals surface area contributed by atoms with E-state index in [-0.39, 0.29) is 36.2 Å². The number of pyridine rings is 1. The average Bonchev–Trinajstić information content (AvgIpc) is 2.58. The van der Waals surface area contributed by atoms with Crippen LogP contribution in [-0.2, 0) is 9.59 Å². The number of ketones is 1. The van der Waals surface area contributed by atoms with Crippen molar-refractivity contribution < 1.29 is 14.5 Å². The van der Waals surface area contributed by atoms with E-state index in [1.165, 1.54) is 18.3 Å². The number of carbonyl (C=O) groups is 2. The number of rotatable bonds is 2. The van der Waals surface area contributed by atoms with Gasteiger partial charge in [-0.25, -0.2) is 4.98 Å². The first-order valence-corrected chi connectivity index (χ1v) is 4.50. The monoisotopic (exact) mass is 221 g/mol. The maximum absolute atomic E-state index is 11.4. The van der Waals surface area contributed by atoms with E-state index in [0.29, 0.717) is 0 Å². The van der Waals surface area contributed by atoms with Crippen molar-refractivity contribution in [1.82, 2.24) is 4.98 Å². The molecule has 2 heterocycles. The van der Waals surface area contributed by atoms with Crippen LogP contribution >= 0.6 is 0 Å². The standard InChI is InChI=1S/C9H7N3O4/c13-7-4-9(14)11(5-7)8-3-6(12(15)16)1-2-10-8/h1-3H,4-5H2. The van der Waals surface area contributed by atoms with Crippen molar-refractivity contribution in [3.05, 3.63) is 28.4 Å². The number of nitrogens with zero attached hydrogens (tertiary/aromatic N) is 3. The van der Waals surface area contributed by atoms with Crippen LogP contribution in [0.2, 0.25) is 0 Å². The summed E-state index contributed by atoms with van der Waals surface area (Å²) in [5, 5.41) is 10.5. The molecule has 0 unspecified atom stereocenters. The van der Waals surface area contributed by atoms with Crippen LogP contribution in [0.1, 0.15) is 6.42 Å². The van der Waals surface area contributed by atoms with Crippen molar-refractivity contribution >= 4 is 23.2 Å². The Bertz CT molecular complexity index is 485. The van der Waals surface area contributed by atoms with Gasteiger partial charge in [0.05, 0.1) is 24.0 Å². The lowest BCUT2D eigenvalue weighted by molar-refractivity contribution is -0.384. The Balaban J connectivity index is 2.34. The van der Waals surface area contributed by atoms with Crippen molar-refractivity contribution in [3.8, 4) is 0 Å². The molecular weight excluding hydrogens is 214 g/mol. The molecule has 1 aromatic heterocycles. The molecule has 0 N–H and O–H groups in total. The second kappa shape index (κ2) is 3.69. The van der Waals surface area contributed by atoms with Gasteiger partial charge in [-0.1, -0.05) is 0 Å². The Morgan fingerprint density at radius 1 is 1.44 bits per heavy atom. The first kappa shape index (κ1) is 10.2. The SMILES string of the molecule is O=C1CC(=O)N(c2cc([N+](=O)[O-])ccn2)C1. The van der Waals surface area contributed by atoms with E-state index in [0.717, 1.165) is 4.90 Å². The molecule has 1 aliphatic heterocycles. The number of nitro groups is 1. The van der Waals surface area contributed by atoms with Gasteiger partial charge in [0.15, 0.2) is 5.78 Å². The number of Topliss-reactive ketones (excluding diaryl/α,β-unsaturated/α-hetero) is 1. The first-order chi connectivity index (χ1) is 7.58. The number of hydrogen-bond donors (Lipinski definition) is 0. The van der Waals surface area contributed by atoms with E-state index >= 15 is 0 Å². The van der Waals surface area contributed by atoms with Gasteiger partial charge < -0.3 is 0 Å². The maximum atomic E-state index is 11.4. The van der Waals surface area contributed by atoms with Gasteiger partial charge in [-0.05, 0) is 0 Å². The molecule has 1 aromatic rings. The molecule has 1 amide bonds. The summed E-state index contributed by atoms with van der Waals surface area (Å²) in [5.41, 5.74) is -0.155. The largest absolute Gasteiger partial charge is 0.297 e. The van der Waals surface area contributed by atoms with Crippen molar-refractivity contribution in [2.75, 3.05) is 11.4 Å². The summed E-state index contributed by atoms with van der Waals surface area (Å²) in [4.78, 5) is 37.3. The fourth-order valence-corrected chi connectivity index (χ4v) is 1.46. The second-order valence-corrected chi connectivity index (χ2v) is 3.32. The Hall–Kier alpha value is -2.31. The van der Waals surface area contributed by atoms with Gasteiger partial charge in [0.25, 0.3) is 5.69 Å². The molecule has 82 valence electrons.